The van der Waals surface area contributed by atoms with Crippen LogP contribution in [0.15, 0.2) is 42.5 Å². The molecule has 0 spiro atoms. The molecule has 2 saturated heterocycles. The van der Waals surface area contributed by atoms with Crippen LogP contribution in [-0.4, -0.2) is 47.9 Å². The van der Waals surface area contributed by atoms with Gasteiger partial charge in [0.2, 0.25) is 5.91 Å². The van der Waals surface area contributed by atoms with Crippen molar-refractivity contribution in [3.05, 3.63) is 68.7 Å². The summed E-state index contributed by atoms with van der Waals surface area (Å²) < 4.78 is 44.1. The van der Waals surface area contributed by atoms with Gasteiger partial charge in [0.15, 0.2) is 0 Å². The molecular formula is C25H25ClF3N3O5. The van der Waals surface area contributed by atoms with Crippen molar-refractivity contribution in [2.24, 2.45) is 5.92 Å². The molecule has 0 saturated carbocycles. The summed E-state index contributed by atoms with van der Waals surface area (Å²) in [5.74, 6) is -1.22. The smallest absolute Gasteiger partial charge is 0.416 e. The van der Waals surface area contributed by atoms with Gasteiger partial charge in [-0.3, -0.25) is 14.9 Å². The minimum Gasteiger partial charge on any atom is -0.467 e. The number of nitro groups is 1. The highest BCUT2D eigenvalue weighted by molar-refractivity contribution is 6.31. The van der Waals surface area contributed by atoms with Gasteiger partial charge in [0.05, 0.1) is 23.6 Å². The Hall–Kier alpha value is -3.34. The second-order valence-electron chi connectivity index (χ2n) is 9.12. The van der Waals surface area contributed by atoms with Crippen LogP contribution in [0.2, 0.25) is 5.02 Å². The highest BCUT2D eigenvalue weighted by atomic mass is 35.5. The summed E-state index contributed by atoms with van der Waals surface area (Å²) in [6.45, 7) is 0.464. The van der Waals surface area contributed by atoms with E-state index >= 15 is 0 Å². The Labute approximate surface area is 216 Å². The number of piperidine rings is 1. The number of methoxy groups -OCH3 is 1. The van der Waals surface area contributed by atoms with Crippen LogP contribution in [0, 0.1) is 16.0 Å². The first kappa shape index (κ1) is 26.7. The third-order valence-corrected chi connectivity index (χ3v) is 7.41. The Balaban J connectivity index is 1.54. The molecule has 198 valence electrons. The van der Waals surface area contributed by atoms with Gasteiger partial charge in [0.25, 0.3) is 5.69 Å². The van der Waals surface area contributed by atoms with Crippen molar-refractivity contribution >= 4 is 34.9 Å². The number of likely N-dealkylation sites (tertiary alicyclic amines) is 1. The van der Waals surface area contributed by atoms with Gasteiger partial charge in [0.1, 0.15) is 11.7 Å². The lowest BCUT2D eigenvalue weighted by Crippen LogP contribution is -2.48. The molecule has 2 heterocycles. The molecule has 2 aromatic rings. The zero-order valence-electron chi connectivity index (χ0n) is 19.9. The fourth-order valence-corrected chi connectivity index (χ4v) is 5.49. The Bertz CT molecular complexity index is 1200. The van der Waals surface area contributed by atoms with E-state index < -0.39 is 46.3 Å². The van der Waals surface area contributed by atoms with E-state index in [4.69, 9.17) is 16.3 Å². The van der Waals surface area contributed by atoms with Crippen LogP contribution >= 0.6 is 11.6 Å². The van der Waals surface area contributed by atoms with E-state index in [0.29, 0.717) is 36.8 Å². The third-order valence-electron chi connectivity index (χ3n) is 7.06. The maximum atomic E-state index is 13.7. The number of carbonyl (C=O) groups excluding carboxylic acids is 2. The van der Waals surface area contributed by atoms with Crippen molar-refractivity contribution in [1.29, 1.82) is 0 Å². The average Bonchev–Trinajstić information content (AvgIpc) is 3.32. The predicted octanol–water partition coefficient (Wildman–Crippen LogP) is 5.39. The van der Waals surface area contributed by atoms with Gasteiger partial charge in [-0.05, 0) is 49.4 Å². The Morgan fingerprint density at radius 3 is 2.35 bits per heavy atom. The van der Waals surface area contributed by atoms with E-state index in [9.17, 15) is 32.9 Å². The number of nitrogens with zero attached hydrogens (tertiary/aromatic N) is 3. The van der Waals surface area contributed by atoms with Gasteiger partial charge in [-0.2, -0.15) is 13.2 Å². The zero-order valence-corrected chi connectivity index (χ0v) is 20.7. The molecule has 0 aromatic heterocycles. The molecule has 1 amide bonds. The Kier molecular flexibility index (Phi) is 7.63. The highest BCUT2D eigenvalue weighted by Gasteiger charge is 2.45. The lowest BCUT2D eigenvalue weighted by Gasteiger charge is -2.37. The maximum Gasteiger partial charge on any atom is 0.416 e. The lowest BCUT2D eigenvalue weighted by atomic mass is 9.93. The van der Waals surface area contributed by atoms with E-state index in [2.05, 4.69) is 0 Å². The first-order valence-electron chi connectivity index (χ1n) is 11.8. The normalized spacial score (nSPS) is 20.7. The number of benzene rings is 2. The molecule has 0 radical (unpaired) electrons. The molecule has 8 nitrogen and oxygen atoms in total. The number of nitro benzene ring substituents is 1. The minimum atomic E-state index is -4.70. The van der Waals surface area contributed by atoms with E-state index in [1.807, 2.05) is 12.1 Å². The first-order valence-corrected chi connectivity index (χ1v) is 12.2. The molecule has 0 bridgehead atoms. The fraction of sp³-hybridized carbons (Fsp3) is 0.440. The summed E-state index contributed by atoms with van der Waals surface area (Å²) >= 11 is 6.40. The molecule has 37 heavy (non-hydrogen) atoms. The third kappa shape index (κ3) is 5.36. The standard InChI is InChI=1S/C25H25ClF3N3O5/c1-37-24(34)21-9-8-19(17-4-2-3-5-18(17)26)31(21)23(33)15-10-12-30(13-11-15)20-7-6-16(25(27,28)29)14-22(20)32(35)36/h2-7,14-15,19,21H,8-13H2,1H3. The van der Waals surface area contributed by atoms with Crippen molar-refractivity contribution in [3.63, 3.8) is 0 Å². The number of rotatable bonds is 5. The van der Waals surface area contributed by atoms with Crippen LogP contribution in [0.25, 0.3) is 0 Å². The minimum absolute atomic E-state index is 0.0754. The first-order chi connectivity index (χ1) is 17.5. The molecule has 0 N–H and O–H groups in total. The summed E-state index contributed by atoms with van der Waals surface area (Å²) in [4.78, 5) is 40.1. The molecular weight excluding hydrogens is 515 g/mol. The number of halogens is 4. The van der Waals surface area contributed by atoms with E-state index in [-0.39, 0.29) is 24.7 Å². The Morgan fingerprint density at radius 2 is 1.76 bits per heavy atom. The second-order valence-corrected chi connectivity index (χ2v) is 9.53. The molecule has 2 aliphatic heterocycles. The number of carbonyl (C=O) groups is 2. The maximum absolute atomic E-state index is 13.7. The van der Waals surface area contributed by atoms with Gasteiger partial charge in [0, 0.05) is 30.1 Å². The average molecular weight is 540 g/mol. The SMILES string of the molecule is COC(=O)C1CCC(c2ccccc2Cl)N1C(=O)C1CCN(c2ccc(C(F)(F)F)cc2[N+](=O)[O-])CC1. The van der Waals surface area contributed by atoms with Gasteiger partial charge < -0.3 is 14.5 Å². The summed E-state index contributed by atoms with van der Waals surface area (Å²) in [5, 5.41) is 12.0. The summed E-state index contributed by atoms with van der Waals surface area (Å²) in [7, 11) is 1.27. The van der Waals surface area contributed by atoms with Crippen molar-refractivity contribution in [2.75, 3.05) is 25.1 Å². The summed E-state index contributed by atoms with van der Waals surface area (Å²) in [5.41, 5.74) is -0.918. The molecule has 2 unspecified atom stereocenters. The van der Waals surface area contributed by atoms with Gasteiger partial charge in [-0.15, -0.1) is 0 Å². The molecule has 2 atom stereocenters. The van der Waals surface area contributed by atoms with Crippen LogP contribution in [-0.2, 0) is 20.5 Å². The summed E-state index contributed by atoms with van der Waals surface area (Å²) in [6, 6.07) is 8.42. The number of ether oxygens (including phenoxy) is 1. The zero-order chi connectivity index (χ0) is 26.9. The van der Waals surface area contributed by atoms with Crippen LogP contribution < -0.4 is 4.90 Å². The van der Waals surface area contributed by atoms with Crippen LogP contribution in [0.3, 0.4) is 0 Å². The van der Waals surface area contributed by atoms with Gasteiger partial charge in [-0.1, -0.05) is 29.8 Å². The highest BCUT2D eigenvalue weighted by Crippen LogP contribution is 2.42. The molecule has 0 aliphatic carbocycles. The molecule has 12 heteroatoms. The van der Waals surface area contributed by atoms with Gasteiger partial charge in [-0.25, -0.2) is 4.79 Å². The van der Waals surface area contributed by atoms with Gasteiger partial charge >= 0.3 is 12.1 Å². The monoisotopic (exact) mass is 539 g/mol. The molecule has 2 aliphatic rings. The predicted molar refractivity (Wildman–Crippen MR) is 129 cm³/mol. The second kappa shape index (κ2) is 10.6. The number of esters is 1. The number of hydrogen-bond donors (Lipinski definition) is 0. The van der Waals surface area contributed by atoms with Crippen molar-refractivity contribution in [3.8, 4) is 0 Å². The molecule has 2 fully saturated rings. The van der Waals surface area contributed by atoms with Crippen LogP contribution in [0.5, 0.6) is 0 Å². The number of amides is 1. The number of alkyl halides is 3. The Morgan fingerprint density at radius 1 is 1.08 bits per heavy atom. The van der Waals surface area contributed by atoms with E-state index in [1.54, 1.807) is 21.9 Å². The number of hydrogen-bond acceptors (Lipinski definition) is 6. The van der Waals surface area contributed by atoms with E-state index in [1.165, 1.54) is 7.11 Å². The molecule has 4 rings (SSSR count). The van der Waals surface area contributed by atoms with Crippen LogP contribution in [0.4, 0.5) is 24.5 Å². The van der Waals surface area contributed by atoms with E-state index in [0.717, 1.165) is 17.7 Å². The largest absolute Gasteiger partial charge is 0.467 e. The van der Waals surface area contributed by atoms with Crippen molar-refractivity contribution < 1.29 is 32.4 Å². The quantitative estimate of drug-likeness (QED) is 0.287. The van der Waals surface area contributed by atoms with Crippen LogP contribution in [0.1, 0.15) is 42.9 Å². The number of anilines is 1. The van der Waals surface area contributed by atoms with Crippen molar-refractivity contribution in [2.45, 2.75) is 43.9 Å². The van der Waals surface area contributed by atoms with Crippen molar-refractivity contribution in [1.82, 2.24) is 4.90 Å². The lowest BCUT2D eigenvalue weighted by molar-refractivity contribution is -0.384. The summed E-state index contributed by atoms with van der Waals surface area (Å²) in [6.07, 6.45) is -3.11. The fourth-order valence-electron chi connectivity index (χ4n) is 5.23. The topological polar surface area (TPSA) is 93.0 Å². The molecule has 2 aromatic carbocycles.